The van der Waals surface area contributed by atoms with Crippen LogP contribution in [0.5, 0.6) is 5.75 Å². The molecule has 4 bridgehead atoms. The summed E-state index contributed by atoms with van der Waals surface area (Å²) in [5.41, 5.74) is 4.36. The lowest BCUT2D eigenvalue weighted by molar-refractivity contribution is -0.123. The summed E-state index contributed by atoms with van der Waals surface area (Å²) >= 11 is 0. The molecule has 4 aliphatic rings. The van der Waals surface area contributed by atoms with Crippen LogP contribution in [0, 0.1) is 34.5 Å². The van der Waals surface area contributed by atoms with Gasteiger partial charge in [-0.05, 0) is 75.3 Å². The molecule has 5 nitrogen and oxygen atoms in total. The predicted molar refractivity (Wildman–Crippen MR) is 98.5 cm³/mol. The molecule has 136 valence electrons. The Labute approximate surface area is 154 Å². The van der Waals surface area contributed by atoms with E-state index < -0.39 is 0 Å². The largest absolute Gasteiger partial charge is 0.482 e. The lowest BCUT2D eigenvalue weighted by Gasteiger charge is -2.56. The molecule has 0 unspecified atom stereocenters. The summed E-state index contributed by atoms with van der Waals surface area (Å²) in [7, 11) is 0. The van der Waals surface area contributed by atoms with E-state index in [1.807, 2.05) is 0 Å². The van der Waals surface area contributed by atoms with Crippen LogP contribution >= 0.6 is 0 Å². The number of hydrazone groups is 1. The highest BCUT2D eigenvalue weighted by Gasteiger charge is 2.52. The molecule has 5 rings (SSSR count). The number of para-hydroxylation sites is 1. The number of hydrogen-bond donors (Lipinski definition) is 1. The highest BCUT2D eigenvalue weighted by molar-refractivity contribution is 5.90. The van der Waals surface area contributed by atoms with E-state index in [2.05, 4.69) is 23.5 Å². The molecule has 1 amide bonds. The number of rotatable bonds is 5. The van der Waals surface area contributed by atoms with Gasteiger partial charge in [0.25, 0.3) is 5.91 Å². The number of carbonyl (C=O) groups excluding carboxylic acids is 1. The van der Waals surface area contributed by atoms with Gasteiger partial charge in [0, 0.05) is 11.1 Å². The molecule has 5 heteroatoms. The Kier molecular flexibility index (Phi) is 4.44. The van der Waals surface area contributed by atoms with E-state index >= 15 is 0 Å². The van der Waals surface area contributed by atoms with Crippen molar-refractivity contribution in [2.75, 3.05) is 6.61 Å². The number of carbonyl (C=O) groups is 1. The van der Waals surface area contributed by atoms with Gasteiger partial charge < -0.3 is 4.74 Å². The maximum Gasteiger partial charge on any atom is 0.277 e. The van der Waals surface area contributed by atoms with Crippen molar-refractivity contribution in [3.05, 3.63) is 29.8 Å². The maximum absolute atomic E-state index is 12.1. The molecule has 1 aromatic carbocycles. The Morgan fingerprint density at radius 2 is 1.85 bits per heavy atom. The van der Waals surface area contributed by atoms with Gasteiger partial charge in [-0.2, -0.15) is 10.4 Å². The molecule has 0 saturated heterocycles. The molecule has 0 heterocycles. The summed E-state index contributed by atoms with van der Waals surface area (Å²) in [5.74, 6) is 2.70. The normalized spacial score (nSPS) is 32.2. The molecule has 4 fully saturated rings. The topological polar surface area (TPSA) is 74.5 Å². The zero-order valence-corrected chi connectivity index (χ0v) is 15.2. The number of nitrogens with zero attached hydrogens (tertiary/aromatic N) is 2. The second-order valence-electron chi connectivity index (χ2n) is 8.33. The minimum absolute atomic E-state index is 0.143. The fourth-order valence-corrected chi connectivity index (χ4v) is 5.68. The standard InChI is InChI=1S/C21H25N3O2/c1-14(21-9-15-6-16(10-21)8-17(7-15)11-21)23-24-20(25)13-26-19-5-3-2-4-18(19)12-22/h2-5,15-17H,6-11,13H2,1H3,(H,24,25). The molecule has 0 spiro atoms. The van der Waals surface area contributed by atoms with Crippen LogP contribution in [-0.4, -0.2) is 18.2 Å². The average Bonchev–Trinajstić information content (AvgIpc) is 2.63. The Morgan fingerprint density at radius 1 is 1.23 bits per heavy atom. The summed E-state index contributed by atoms with van der Waals surface area (Å²) in [6.45, 7) is 1.93. The zero-order valence-electron chi connectivity index (χ0n) is 15.2. The van der Waals surface area contributed by atoms with Gasteiger partial charge in [0.1, 0.15) is 11.8 Å². The van der Waals surface area contributed by atoms with Gasteiger partial charge in [-0.15, -0.1) is 0 Å². The first kappa shape index (κ1) is 17.1. The Bertz CT molecular complexity index is 742. The Balaban J connectivity index is 1.36. The van der Waals surface area contributed by atoms with Gasteiger partial charge in [-0.25, -0.2) is 5.43 Å². The molecule has 26 heavy (non-hydrogen) atoms. The fourth-order valence-electron chi connectivity index (χ4n) is 5.68. The quantitative estimate of drug-likeness (QED) is 0.650. The summed E-state index contributed by atoms with van der Waals surface area (Å²) in [6, 6.07) is 8.97. The van der Waals surface area contributed by atoms with Crippen molar-refractivity contribution in [3.63, 3.8) is 0 Å². The summed E-state index contributed by atoms with van der Waals surface area (Å²) in [5, 5.41) is 13.5. The number of hydrogen-bond acceptors (Lipinski definition) is 4. The third-order valence-corrected chi connectivity index (χ3v) is 6.52. The van der Waals surface area contributed by atoms with Gasteiger partial charge in [-0.1, -0.05) is 12.1 Å². The summed E-state index contributed by atoms with van der Waals surface area (Å²) < 4.78 is 5.47. The molecule has 1 N–H and O–H groups in total. The highest BCUT2D eigenvalue weighted by atomic mass is 16.5. The van der Waals surface area contributed by atoms with Gasteiger partial charge in [0.2, 0.25) is 0 Å². The van der Waals surface area contributed by atoms with Crippen molar-refractivity contribution in [2.45, 2.75) is 45.4 Å². The molecule has 4 saturated carbocycles. The Hall–Kier alpha value is -2.35. The van der Waals surface area contributed by atoms with Crippen molar-refractivity contribution in [1.82, 2.24) is 5.43 Å². The van der Waals surface area contributed by atoms with E-state index in [0.29, 0.717) is 11.3 Å². The molecule has 0 aliphatic heterocycles. The van der Waals surface area contributed by atoms with Crippen molar-refractivity contribution in [1.29, 1.82) is 5.26 Å². The molecule has 4 aliphatic carbocycles. The second-order valence-corrected chi connectivity index (χ2v) is 8.33. The van der Waals surface area contributed by atoms with Crippen LogP contribution < -0.4 is 10.2 Å². The SMILES string of the molecule is CC(=NNC(=O)COc1ccccc1C#N)C12CC3CC(CC(C3)C1)C2. The van der Waals surface area contributed by atoms with Crippen LogP contribution in [-0.2, 0) is 4.79 Å². The maximum atomic E-state index is 12.1. The molecule has 0 radical (unpaired) electrons. The van der Waals surface area contributed by atoms with Crippen molar-refractivity contribution in [3.8, 4) is 11.8 Å². The molecule has 0 aromatic heterocycles. The molecule has 1 aromatic rings. The van der Waals surface area contributed by atoms with Crippen LogP contribution in [0.4, 0.5) is 0 Å². The van der Waals surface area contributed by atoms with E-state index in [1.165, 1.54) is 38.5 Å². The molecular formula is C21H25N3O2. The van der Waals surface area contributed by atoms with E-state index in [4.69, 9.17) is 10.00 Å². The van der Waals surface area contributed by atoms with Crippen LogP contribution in [0.25, 0.3) is 0 Å². The second kappa shape index (κ2) is 6.75. The van der Waals surface area contributed by atoms with Crippen LogP contribution in [0.3, 0.4) is 0 Å². The molecular weight excluding hydrogens is 326 g/mol. The van der Waals surface area contributed by atoms with Crippen molar-refractivity contribution < 1.29 is 9.53 Å². The van der Waals surface area contributed by atoms with Gasteiger partial charge >= 0.3 is 0 Å². The highest BCUT2D eigenvalue weighted by Crippen LogP contribution is 2.60. The van der Waals surface area contributed by atoms with E-state index in [1.54, 1.807) is 24.3 Å². The average molecular weight is 351 g/mol. The smallest absolute Gasteiger partial charge is 0.277 e. The van der Waals surface area contributed by atoms with Crippen LogP contribution in [0.1, 0.15) is 51.0 Å². The minimum atomic E-state index is -0.290. The first-order chi connectivity index (χ1) is 12.6. The number of amides is 1. The van der Waals surface area contributed by atoms with E-state index in [0.717, 1.165) is 23.5 Å². The number of nitrogens with one attached hydrogen (secondary N) is 1. The third-order valence-electron chi connectivity index (χ3n) is 6.52. The third kappa shape index (κ3) is 3.21. The lowest BCUT2D eigenvalue weighted by Crippen LogP contribution is -2.49. The monoisotopic (exact) mass is 351 g/mol. The summed E-state index contributed by atoms with van der Waals surface area (Å²) in [4.78, 5) is 12.1. The van der Waals surface area contributed by atoms with E-state index in [9.17, 15) is 4.79 Å². The van der Waals surface area contributed by atoms with Gasteiger partial charge in [0.15, 0.2) is 6.61 Å². The number of ether oxygens (including phenoxy) is 1. The lowest BCUT2D eigenvalue weighted by atomic mass is 9.48. The van der Waals surface area contributed by atoms with Crippen LogP contribution in [0.15, 0.2) is 29.4 Å². The van der Waals surface area contributed by atoms with Crippen molar-refractivity contribution >= 4 is 11.6 Å². The zero-order chi connectivity index (χ0) is 18.1. The Morgan fingerprint density at radius 3 is 2.46 bits per heavy atom. The fraction of sp³-hybridized carbons (Fsp3) is 0.571. The number of nitriles is 1. The predicted octanol–water partition coefficient (Wildman–Crippen LogP) is 3.65. The van der Waals surface area contributed by atoms with Gasteiger partial charge in [0.05, 0.1) is 5.56 Å². The van der Waals surface area contributed by atoms with Crippen molar-refractivity contribution in [2.24, 2.45) is 28.3 Å². The first-order valence-corrected chi connectivity index (χ1v) is 9.53. The minimum Gasteiger partial charge on any atom is -0.482 e. The van der Waals surface area contributed by atoms with Crippen LogP contribution in [0.2, 0.25) is 0 Å². The van der Waals surface area contributed by atoms with Gasteiger partial charge in [-0.3, -0.25) is 4.79 Å². The summed E-state index contributed by atoms with van der Waals surface area (Å²) in [6.07, 6.45) is 7.88. The molecule has 0 atom stereocenters. The number of benzene rings is 1. The first-order valence-electron chi connectivity index (χ1n) is 9.53. The van der Waals surface area contributed by atoms with E-state index in [-0.39, 0.29) is 17.9 Å².